The van der Waals surface area contributed by atoms with Crippen molar-refractivity contribution in [1.82, 2.24) is 9.97 Å². The first-order chi connectivity index (χ1) is 6.68. The SMILES string of the molecule is N=C(N)c1nc2ccccc2nc1N. The van der Waals surface area contributed by atoms with Gasteiger partial charge in [-0.05, 0) is 12.1 Å². The van der Waals surface area contributed by atoms with Crippen molar-refractivity contribution in [2.24, 2.45) is 5.73 Å². The van der Waals surface area contributed by atoms with E-state index in [1.807, 2.05) is 18.2 Å². The van der Waals surface area contributed by atoms with E-state index in [4.69, 9.17) is 16.9 Å². The number of nitrogens with one attached hydrogen (secondary N) is 1. The fraction of sp³-hybridized carbons (Fsp3) is 0. The van der Waals surface area contributed by atoms with E-state index in [-0.39, 0.29) is 17.3 Å². The van der Waals surface area contributed by atoms with Gasteiger partial charge in [0.1, 0.15) is 11.5 Å². The van der Waals surface area contributed by atoms with Crippen LogP contribution in [0.3, 0.4) is 0 Å². The van der Waals surface area contributed by atoms with Crippen molar-refractivity contribution >= 4 is 22.7 Å². The molecule has 1 aromatic heterocycles. The van der Waals surface area contributed by atoms with Crippen LogP contribution in [0.2, 0.25) is 0 Å². The number of hydrogen-bond acceptors (Lipinski definition) is 4. The average molecular weight is 187 g/mol. The summed E-state index contributed by atoms with van der Waals surface area (Å²) in [7, 11) is 0. The summed E-state index contributed by atoms with van der Waals surface area (Å²) in [6, 6.07) is 7.30. The maximum absolute atomic E-state index is 7.25. The van der Waals surface area contributed by atoms with Crippen LogP contribution in [0.25, 0.3) is 11.0 Å². The number of fused-ring (bicyclic) bond motifs is 1. The normalized spacial score (nSPS) is 10.3. The van der Waals surface area contributed by atoms with Crippen LogP contribution in [0.15, 0.2) is 24.3 Å². The summed E-state index contributed by atoms with van der Waals surface area (Å²) in [6.45, 7) is 0. The summed E-state index contributed by atoms with van der Waals surface area (Å²) in [4.78, 5) is 8.23. The zero-order valence-corrected chi connectivity index (χ0v) is 7.36. The maximum atomic E-state index is 7.25. The van der Waals surface area contributed by atoms with Gasteiger partial charge in [0, 0.05) is 0 Å². The zero-order chi connectivity index (χ0) is 10.1. The van der Waals surface area contributed by atoms with Crippen molar-refractivity contribution < 1.29 is 0 Å². The number of hydrogen-bond donors (Lipinski definition) is 3. The van der Waals surface area contributed by atoms with Crippen LogP contribution >= 0.6 is 0 Å². The molecule has 1 heterocycles. The molecule has 0 unspecified atom stereocenters. The Labute approximate surface area is 80.3 Å². The summed E-state index contributed by atoms with van der Waals surface area (Å²) in [5.41, 5.74) is 12.5. The number of nitrogens with zero attached hydrogens (tertiary/aromatic N) is 2. The first kappa shape index (κ1) is 8.43. The van der Waals surface area contributed by atoms with Gasteiger partial charge in [-0.25, -0.2) is 9.97 Å². The van der Waals surface area contributed by atoms with Gasteiger partial charge in [0.05, 0.1) is 11.0 Å². The highest BCUT2D eigenvalue weighted by Crippen LogP contribution is 2.13. The minimum absolute atomic E-state index is 0.166. The molecule has 0 fully saturated rings. The molecule has 0 atom stereocenters. The fourth-order valence-electron chi connectivity index (χ4n) is 1.21. The van der Waals surface area contributed by atoms with Gasteiger partial charge in [-0.1, -0.05) is 12.1 Å². The van der Waals surface area contributed by atoms with Gasteiger partial charge < -0.3 is 11.5 Å². The molecule has 0 saturated heterocycles. The summed E-state index contributed by atoms with van der Waals surface area (Å²) in [5.74, 6) is 0.0250. The number of aromatic nitrogens is 2. The molecule has 70 valence electrons. The largest absolute Gasteiger partial charge is 0.382 e. The molecule has 0 aliphatic rings. The van der Waals surface area contributed by atoms with Crippen molar-refractivity contribution in [2.45, 2.75) is 0 Å². The predicted octanol–water partition coefficient (Wildman–Crippen LogP) is 0.496. The molecular formula is C9H9N5. The van der Waals surface area contributed by atoms with Gasteiger partial charge in [0.15, 0.2) is 5.82 Å². The van der Waals surface area contributed by atoms with Gasteiger partial charge in [-0.2, -0.15) is 0 Å². The fourth-order valence-corrected chi connectivity index (χ4v) is 1.21. The Hall–Kier alpha value is -2.17. The second-order valence-electron chi connectivity index (χ2n) is 2.86. The van der Waals surface area contributed by atoms with Gasteiger partial charge in [-0.3, -0.25) is 5.41 Å². The highest BCUT2D eigenvalue weighted by Gasteiger charge is 2.07. The minimum Gasteiger partial charge on any atom is -0.382 e. The highest BCUT2D eigenvalue weighted by molar-refractivity contribution is 5.98. The van der Waals surface area contributed by atoms with Gasteiger partial charge in [0.25, 0.3) is 0 Å². The highest BCUT2D eigenvalue weighted by atomic mass is 14.9. The van der Waals surface area contributed by atoms with Crippen LogP contribution in [-0.2, 0) is 0 Å². The summed E-state index contributed by atoms with van der Waals surface area (Å²) < 4.78 is 0. The summed E-state index contributed by atoms with van der Waals surface area (Å²) >= 11 is 0. The second-order valence-corrected chi connectivity index (χ2v) is 2.86. The molecule has 5 heteroatoms. The molecule has 0 spiro atoms. The molecule has 0 aliphatic carbocycles. The third-order valence-electron chi connectivity index (χ3n) is 1.85. The lowest BCUT2D eigenvalue weighted by molar-refractivity contribution is 1.24. The van der Waals surface area contributed by atoms with E-state index in [0.717, 1.165) is 0 Å². The van der Waals surface area contributed by atoms with Crippen molar-refractivity contribution in [3.05, 3.63) is 30.0 Å². The summed E-state index contributed by atoms with van der Waals surface area (Å²) in [6.07, 6.45) is 0. The smallest absolute Gasteiger partial charge is 0.153 e. The molecule has 0 bridgehead atoms. The molecule has 0 radical (unpaired) electrons. The second kappa shape index (κ2) is 2.95. The number of para-hydroxylation sites is 2. The lowest BCUT2D eigenvalue weighted by Crippen LogP contribution is -2.16. The molecule has 0 saturated carbocycles. The Bertz CT molecular complexity index is 506. The van der Waals surface area contributed by atoms with Crippen molar-refractivity contribution in [2.75, 3.05) is 5.73 Å². The lowest BCUT2D eigenvalue weighted by atomic mass is 10.3. The molecule has 2 aromatic rings. The van der Waals surface area contributed by atoms with E-state index in [1.54, 1.807) is 6.07 Å². The number of anilines is 1. The molecule has 1 aromatic carbocycles. The summed E-state index contributed by atoms with van der Waals surface area (Å²) in [5, 5.41) is 7.25. The Morgan fingerprint density at radius 1 is 1.14 bits per heavy atom. The average Bonchev–Trinajstić information content (AvgIpc) is 2.16. The van der Waals surface area contributed by atoms with Gasteiger partial charge in [0.2, 0.25) is 0 Å². The first-order valence-corrected chi connectivity index (χ1v) is 4.05. The molecule has 14 heavy (non-hydrogen) atoms. The molecule has 5 nitrogen and oxygen atoms in total. The maximum Gasteiger partial charge on any atom is 0.153 e. The minimum atomic E-state index is -0.166. The quantitative estimate of drug-likeness (QED) is 0.446. The van der Waals surface area contributed by atoms with E-state index >= 15 is 0 Å². The Balaban J connectivity index is 2.77. The van der Waals surface area contributed by atoms with Crippen LogP contribution in [0.5, 0.6) is 0 Å². The Kier molecular flexibility index (Phi) is 1.78. The number of nitrogen functional groups attached to an aromatic ring is 2. The number of rotatable bonds is 1. The predicted molar refractivity (Wildman–Crippen MR) is 55.0 cm³/mol. The Morgan fingerprint density at radius 3 is 2.29 bits per heavy atom. The Morgan fingerprint density at radius 2 is 1.71 bits per heavy atom. The number of benzene rings is 1. The first-order valence-electron chi connectivity index (χ1n) is 4.05. The van der Waals surface area contributed by atoms with Crippen LogP contribution in [0.4, 0.5) is 5.82 Å². The van der Waals surface area contributed by atoms with Gasteiger partial charge >= 0.3 is 0 Å². The molecule has 0 aliphatic heterocycles. The molecule has 2 rings (SSSR count). The van der Waals surface area contributed by atoms with Crippen LogP contribution in [-0.4, -0.2) is 15.8 Å². The topological polar surface area (TPSA) is 102 Å². The molecule has 5 N–H and O–H groups in total. The third kappa shape index (κ3) is 1.24. The van der Waals surface area contributed by atoms with Crippen LogP contribution < -0.4 is 11.5 Å². The van der Waals surface area contributed by atoms with E-state index in [1.165, 1.54) is 0 Å². The molecule has 0 amide bonds. The monoisotopic (exact) mass is 187 g/mol. The van der Waals surface area contributed by atoms with E-state index in [2.05, 4.69) is 9.97 Å². The van der Waals surface area contributed by atoms with E-state index < -0.39 is 0 Å². The van der Waals surface area contributed by atoms with E-state index in [0.29, 0.717) is 11.0 Å². The molecular weight excluding hydrogens is 178 g/mol. The third-order valence-corrected chi connectivity index (χ3v) is 1.85. The standard InChI is InChI=1S/C9H9N5/c10-8(11)7-9(12)14-6-4-2-1-3-5(6)13-7/h1-4H,(H3,10,11)(H2,12,14). The zero-order valence-electron chi connectivity index (χ0n) is 7.36. The van der Waals surface area contributed by atoms with Crippen molar-refractivity contribution in [3.8, 4) is 0 Å². The van der Waals surface area contributed by atoms with Crippen LogP contribution in [0, 0.1) is 5.41 Å². The van der Waals surface area contributed by atoms with Crippen molar-refractivity contribution in [1.29, 1.82) is 5.41 Å². The van der Waals surface area contributed by atoms with Crippen LogP contribution in [0.1, 0.15) is 5.69 Å². The lowest BCUT2D eigenvalue weighted by Gasteiger charge is -2.03. The number of amidine groups is 1. The number of nitrogens with two attached hydrogens (primary N) is 2. The van der Waals surface area contributed by atoms with E-state index in [9.17, 15) is 0 Å². The van der Waals surface area contributed by atoms with Gasteiger partial charge in [-0.15, -0.1) is 0 Å². The van der Waals surface area contributed by atoms with Crippen molar-refractivity contribution in [3.63, 3.8) is 0 Å².